The molecule has 136 valence electrons. The summed E-state index contributed by atoms with van der Waals surface area (Å²) in [7, 11) is 0. The monoisotopic (exact) mass is 347 g/mol. The van der Waals surface area contributed by atoms with Crippen LogP contribution in [0.2, 0.25) is 0 Å². The minimum Gasteiger partial charge on any atom is -0.486 e. The molecule has 0 spiro atoms. The van der Waals surface area contributed by atoms with Gasteiger partial charge in [0.2, 0.25) is 11.8 Å². The van der Waals surface area contributed by atoms with E-state index in [1.165, 1.54) is 0 Å². The van der Waals surface area contributed by atoms with Crippen molar-refractivity contribution in [1.29, 1.82) is 0 Å². The second kappa shape index (κ2) is 7.74. The second-order valence-corrected chi connectivity index (χ2v) is 6.47. The third kappa shape index (κ3) is 4.42. The van der Waals surface area contributed by atoms with Gasteiger partial charge in [0, 0.05) is 33.1 Å². The Kier molecular flexibility index (Phi) is 5.43. The normalized spacial score (nSPS) is 18.6. The van der Waals surface area contributed by atoms with Gasteiger partial charge in [-0.05, 0) is 24.6 Å². The molecule has 2 aliphatic heterocycles. The maximum Gasteiger partial charge on any atom is 0.234 e. The number of ether oxygens (including phenoxy) is 2. The highest BCUT2D eigenvalue weighted by Crippen LogP contribution is 2.32. The first kappa shape index (κ1) is 17.5. The van der Waals surface area contributed by atoms with Gasteiger partial charge in [-0.1, -0.05) is 6.07 Å². The highest BCUT2D eigenvalue weighted by Gasteiger charge is 2.21. The van der Waals surface area contributed by atoms with E-state index in [0.717, 1.165) is 30.2 Å². The molecule has 2 heterocycles. The quantitative estimate of drug-likeness (QED) is 0.872. The summed E-state index contributed by atoms with van der Waals surface area (Å²) in [6, 6.07) is 5.64. The molecule has 1 atom stereocenters. The van der Waals surface area contributed by atoms with Crippen LogP contribution < -0.4 is 14.8 Å². The summed E-state index contributed by atoms with van der Waals surface area (Å²) in [4.78, 5) is 27.5. The molecule has 1 aromatic carbocycles. The molecule has 0 saturated carbocycles. The van der Waals surface area contributed by atoms with Gasteiger partial charge in [-0.2, -0.15) is 0 Å². The van der Waals surface area contributed by atoms with Crippen molar-refractivity contribution < 1.29 is 19.1 Å². The molecule has 1 unspecified atom stereocenters. The molecule has 1 fully saturated rings. The van der Waals surface area contributed by atoms with E-state index in [4.69, 9.17) is 9.47 Å². The minimum atomic E-state index is -0.109. The number of nitrogens with zero attached hydrogens (tertiary/aromatic N) is 2. The fourth-order valence-corrected chi connectivity index (χ4v) is 3.12. The van der Waals surface area contributed by atoms with E-state index in [9.17, 15) is 9.59 Å². The lowest BCUT2D eigenvalue weighted by Crippen LogP contribution is -2.50. The predicted octanol–water partition coefficient (Wildman–Crippen LogP) is 0.799. The third-order valence-electron chi connectivity index (χ3n) is 4.63. The number of rotatable bonds is 4. The lowest BCUT2D eigenvalue weighted by Gasteiger charge is -2.33. The zero-order valence-corrected chi connectivity index (χ0v) is 14.8. The smallest absolute Gasteiger partial charge is 0.234 e. The Morgan fingerprint density at radius 1 is 1.12 bits per heavy atom. The standard InChI is InChI=1S/C18H25N3O4/c1-13(15-3-4-16-17(11-15)25-10-9-24-16)19-18(23)12-20-5-7-21(8-6-20)14(2)22/h3-4,11,13H,5-10,12H2,1-2H3,(H,19,23). The molecule has 1 N–H and O–H groups in total. The summed E-state index contributed by atoms with van der Waals surface area (Å²) in [6.45, 7) is 7.81. The van der Waals surface area contributed by atoms with E-state index in [0.29, 0.717) is 32.8 Å². The molecule has 7 nitrogen and oxygen atoms in total. The van der Waals surface area contributed by atoms with Crippen LogP contribution in [0.25, 0.3) is 0 Å². The minimum absolute atomic E-state index is 0.0151. The van der Waals surface area contributed by atoms with Crippen LogP contribution in [0.15, 0.2) is 18.2 Å². The summed E-state index contributed by atoms with van der Waals surface area (Å²) in [5.41, 5.74) is 0.985. The molecule has 0 aliphatic carbocycles. The van der Waals surface area contributed by atoms with Crippen molar-refractivity contribution in [3.63, 3.8) is 0 Å². The number of fused-ring (bicyclic) bond motifs is 1. The first-order valence-electron chi connectivity index (χ1n) is 8.69. The van der Waals surface area contributed by atoms with Crippen LogP contribution in [0.3, 0.4) is 0 Å². The number of nitrogens with one attached hydrogen (secondary N) is 1. The van der Waals surface area contributed by atoms with Crippen molar-refractivity contribution in [2.45, 2.75) is 19.9 Å². The first-order valence-corrected chi connectivity index (χ1v) is 8.69. The van der Waals surface area contributed by atoms with Crippen molar-refractivity contribution in [1.82, 2.24) is 15.1 Å². The average molecular weight is 347 g/mol. The molecule has 1 aromatic rings. The zero-order chi connectivity index (χ0) is 17.8. The van der Waals surface area contributed by atoms with Crippen molar-refractivity contribution >= 4 is 11.8 Å². The summed E-state index contributed by atoms with van der Waals surface area (Å²) < 4.78 is 11.1. The Bertz CT molecular complexity index is 641. The fraction of sp³-hybridized carbons (Fsp3) is 0.556. The van der Waals surface area contributed by atoms with Gasteiger partial charge in [0.05, 0.1) is 12.6 Å². The van der Waals surface area contributed by atoms with Crippen LogP contribution >= 0.6 is 0 Å². The SMILES string of the molecule is CC(=O)N1CCN(CC(=O)NC(C)c2ccc3c(c2)OCCO3)CC1. The number of carbonyl (C=O) groups excluding carboxylic acids is 2. The largest absolute Gasteiger partial charge is 0.486 e. The topological polar surface area (TPSA) is 71.1 Å². The Morgan fingerprint density at radius 2 is 1.80 bits per heavy atom. The molecule has 0 bridgehead atoms. The molecule has 2 amide bonds. The zero-order valence-electron chi connectivity index (χ0n) is 14.8. The maximum absolute atomic E-state index is 12.3. The number of benzene rings is 1. The third-order valence-corrected chi connectivity index (χ3v) is 4.63. The maximum atomic E-state index is 12.3. The summed E-state index contributed by atoms with van der Waals surface area (Å²) in [6.07, 6.45) is 0. The highest BCUT2D eigenvalue weighted by molar-refractivity contribution is 5.78. The average Bonchev–Trinajstić information content (AvgIpc) is 2.61. The van der Waals surface area contributed by atoms with Crippen molar-refractivity contribution in [2.75, 3.05) is 45.9 Å². The Balaban J connectivity index is 1.50. The van der Waals surface area contributed by atoms with E-state index in [1.807, 2.05) is 30.0 Å². The van der Waals surface area contributed by atoms with Crippen LogP contribution in [-0.2, 0) is 9.59 Å². The van der Waals surface area contributed by atoms with Crippen LogP contribution in [0.4, 0.5) is 0 Å². The number of amides is 2. The van der Waals surface area contributed by atoms with Crippen LogP contribution in [-0.4, -0.2) is 67.6 Å². The van der Waals surface area contributed by atoms with E-state index in [2.05, 4.69) is 10.2 Å². The molecular formula is C18H25N3O4. The van der Waals surface area contributed by atoms with Crippen molar-refractivity contribution in [2.24, 2.45) is 0 Å². The van der Waals surface area contributed by atoms with Gasteiger partial charge in [-0.15, -0.1) is 0 Å². The molecule has 2 aliphatic rings. The molecular weight excluding hydrogens is 322 g/mol. The van der Waals surface area contributed by atoms with E-state index < -0.39 is 0 Å². The summed E-state index contributed by atoms with van der Waals surface area (Å²) >= 11 is 0. The van der Waals surface area contributed by atoms with Crippen molar-refractivity contribution in [3.8, 4) is 11.5 Å². The van der Waals surface area contributed by atoms with Gasteiger partial charge in [-0.25, -0.2) is 0 Å². The van der Waals surface area contributed by atoms with Gasteiger partial charge in [-0.3, -0.25) is 14.5 Å². The molecule has 0 aromatic heterocycles. The Labute approximate surface area is 147 Å². The Morgan fingerprint density at radius 3 is 2.48 bits per heavy atom. The summed E-state index contributed by atoms with van der Waals surface area (Å²) in [5.74, 6) is 1.55. The number of hydrogen-bond donors (Lipinski definition) is 1. The highest BCUT2D eigenvalue weighted by atomic mass is 16.6. The van der Waals surface area contributed by atoms with E-state index in [-0.39, 0.29) is 17.9 Å². The fourth-order valence-electron chi connectivity index (χ4n) is 3.12. The molecule has 7 heteroatoms. The molecule has 3 rings (SSSR count). The summed E-state index contributed by atoms with van der Waals surface area (Å²) in [5, 5.41) is 3.03. The van der Waals surface area contributed by atoms with Gasteiger partial charge in [0.1, 0.15) is 13.2 Å². The lowest BCUT2D eigenvalue weighted by molar-refractivity contribution is -0.131. The first-order chi connectivity index (χ1) is 12.0. The lowest BCUT2D eigenvalue weighted by atomic mass is 10.1. The van der Waals surface area contributed by atoms with E-state index >= 15 is 0 Å². The number of hydrogen-bond acceptors (Lipinski definition) is 5. The van der Waals surface area contributed by atoms with E-state index in [1.54, 1.807) is 6.92 Å². The van der Waals surface area contributed by atoms with Gasteiger partial charge >= 0.3 is 0 Å². The predicted molar refractivity (Wildman–Crippen MR) is 92.7 cm³/mol. The molecule has 25 heavy (non-hydrogen) atoms. The number of carbonyl (C=O) groups is 2. The van der Waals surface area contributed by atoms with Gasteiger partial charge in [0.25, 0.3) is 0 Å². The van der Waals surface area contributed by atoms with Crippen LogP contribution in [0, 0.1) is 0 Å². The van der Waals surface area contributed by atoms with Gasteiger partial charge in [0.15, 0.2) is 11.5 Å². The van der Waals surface area contributed by atoms with Crippen molar-refractivity contribution in [3.05, 3.63) is 23.8 Å². The molecule has 0 radical (unpaired) electrons. The number of piperazine rings is 1. The second-order valence-electron chi connectivity index (χ2n) is 6.47. The Hall–Kier alpha value is -2.28. The van der Waals surface area contributed by atoms with Gasteiger partial charge < -0.3 is 19.7 Å². The van der Waals surface area contributed by atoms with Crippen LogP contribution in [0.5, 0.6) is 11.5 Å². The van der Waals surface area contributed by atoms with Crippen LogP contribution in [0.1, 0.15) is 25.5 Å². The molecule has 1 saturated heterocycles.